The average Bonchev–Trinajstić information content (AvgIpc) is 3.35. The van der Waals surface area contributed by atoms with Gasteiger partial charge in [0.1, 0.15) is 22.8 Å². The zero-order valence-corrected chi connectivity index (χ0v) is 22.7. The van der Waals surface area contributed by atoms with Gasteiger partial charge in [0.15, 0.2) is 15.5 Å². The molecule has 1 amide bonds. The van der Waals surface area contributed by atoms with E-state index in [-0.39, 0.29) is 33.9 Å². The number of esters is 1. The Bertz CT molecular complexity index is 1860. The van der Waals surface area contributed by atoms with E-state index in [1.54, 1.807) is 6.07 Å². The highest BCUT2D eigenvalue weighted by molar-refractivity contribution is 7.90. The molecule has 0 saturated heterocycles. The van der Waals surface area contributed by atoms with Crippen molar-refractivity contribution in [1.82, 2.24) is 9.78 Å². The Labute approximate surface area is 236 Å². The number of rotatable bonds is 7. The number of ether oxygens (including phenoxy) is 1. The van der Waals surface area contributed by atoms with E-state index in [1.165, 1.54) is 61.5 Å². The van der Waals surface area contributed by atoms with Crippen molar-refractivity contribution in [3.05, 3.63) is 95.1 Å². The van der Waals surface area contributed by atoms with Crippen molar-refractivity contribution in [2.75, 3.05) is 11.6 Å². The fourth-order valence-electron chi connectivity index (χ4n) is 4.16. The maximum Gasteiger partial charge on any atom is 0.436 e. The van der Waals surface area contributed by atoms with Gasteiger partial charge in [-0.25, -0.2) is 17.6 Å². The van der Waals surface area contributed by atoms with Crippen LogP contribution in [0.1, 0.15) is 39.0 Å². The molecule has 4 aromatic rings. The van der Waals surface area contributed by atoms with Gasteiger partial charge in [-0.2, -0.15) is 23.5 Å². The van der Waals surface area contributed by atoms with E-state index in [2.05, 4.69) is 10.4 Å². The number of sulfone groups is 1. The number of nitrogens with zero attached hydrogens (tertiary/aromatic N) is 3. The molecule has 0 fully saturated rings. The lowest BCUT2D eigenvalue weighted by atomic mass is 10.0. The zero-order chi connectivity index (χ0) is 30.8. The van der Waals surface area contributed by atoms with Crippen LogP contribution in [0.25, 0.3) is 11.1 Å². The van der Waals surface area contributed by atoms with E-state index in [0.717, 1.165) is 18.4 Å². The summed E-state index contributed by atoms with van der Waals surface area (Å²) in [4.78, 5) is 26.5. The Morgan fingerprint density at radius 2 is 1.71 bits per heavy atom. The summed E-state index contributed by atoms with van der Waals surface area (Å²) in [7, 11) is -3.82. The molecule has 1 heterocycles. The number of aryl methyl sites for hydroxylation is 1. The molecule has 0 radical (unpaired) electrons. The fraction of sp³-hybridized carbons (Fsp3) is 0.143. The van der Waals surface area contributed by atoms with Crippen LogP contribution < -0.4 is 10.1 Å². The first kappa shape index (κ1) is 29.9. The number of benzene rings is 3. The van der Waals surface area contributed by atoms with Crippen molar-refractivity contribution >= 4 is 27.4 Å². The molecule has 0 saturated carbocycles. The highest BCUT2D eigenvalue weighted by atomic mass is 32.2. The molecule has 0 spiro atoms. The second-order valence-corrected chi connectivity index (χ2v) is 10.8. The van der Waals surface area contributed by atoms with E-state index in [4.69, 9.17) is 10.00 Å². The molecule has 14 heteroatoms. The molecular formula is C28H20F4N4O5S. The van der Waals surface area contributed by atoms with E-state index >= 15 is 4.39 Å². The van der Waals surface area contributed by atoms with Crippen LogP contribution in [0.15, 0.2) is 71.6 Å². The molecule has 42 heavy (non-hydrogen) atoms. The Balaban J connectivity index is 1.86. The predicted octanol–water partition coefficient (Wildman–Crippen LogP) is 5.47. The molecule has 4 rings (SSSR count). The third-order valence-electron chi connectivity index (χ3n) is 5.94. The predicted molar refractivity (Wildman–Crippen MR) is 142 cm³/mol. The molecule has 0 aliphatic heterocycles. The minimum Gasteiger partial charge on any atom is -0.423 e. The summed E-state index contributed by atoms with van der Waals surface area (Å²) in [6.45, 7) is 1.07. The number of halogens is 4. The molecule has 1 aromatic heterocycles. The number of aromatic nitrogens is 2. The average molecular weight is 601 g/mol. The number of nitrogens with one attached hydrogen (secondary N) is 1. The van der Waals surface area contributed by atoms with Gasteiger partial charge in [-0.15, -0.1) is 0 Å². The van der Waals surface area contributed by atoms with Crippen LogP contribution in [0.5, 0.6) is 5.75 Å². The van der Waals surface area contributed by atoms with E-state index in [1.807, 2.05) is 0 Å². The van der Waals surface area contributed by atoms with Crippen LogP contribution >= 0.6 is 0 Å². The first-order chi connectivity index (χ1) is 19.8. The van der Waals surface area contributed by atoms with Crippen molar-refractivity contribution < 1.29 is 40.3 Å². The van der Waals surface area contributed by atoms with Crippen LogP contribution in [0, 0.1) is 17.1 Å². The number of para-hydroxylation sites is 1. The van der Waals surface area contributed by atoms with Gasteiger partial charge in [0, 0.05) is 23.9 Å². The fourth-order valence-corrected chi connectivity index (χ4v) is 5.06. The number of carbonyl (C=O) groups excluding carboxylic acids is 2. The monoisotopic (exact) mass is 600 g/mol. The second-order valence-electron chi connectivity index (χ2n) is 8.80. The Morgan fingerprint density at radius 1 is 1.05 bits per heavy atom. The molecule has 0 aliphatic carbocycles. The Hall–Kier alpha value is -5.03. The summed E-state index contributed by atoms with van der Waals surface area (Å²) in [5, 5.41) is 14.7. The summed E-state index contributed by atoms with van der Waals surface area (Å²) in [5.41, 5.74) is -4.38. The van der Waals surface area contributed by atoms with Gasteiger partial charge in [0.2, 0.25) is 0 Å². The van der Waals surface area contributed by atoms with Crippen molar-refractivity contribution in [2.24, 2.45) is 0 Å². The summed E-state index contributed by atoms with van der Waals surface area (Å²) < 4.78 is 87.7. The van der Waals surface area contributed by atoms with Crippen molar-refractivity contribution in [2.45, 2.75) is 24.5 Å². The highest BCUT2D eigenvalue weighted by Crippen LogP contribution is 2.37. The Kier molecular flexibility index (Phi) is 8.17. The Morgan fingerprint density at radius 3 is 2.36 bits per heavy atom. The number of hydrogen-bond acceptors (Lipinski definition) is 7. The molecule has 1 N–H and O–H groups in total. The number of anilines is 1. The molecule has 0 atom stereocenters. The third kappa shape index (κ3) is 6.01. The summed E-state index contributed by atoms with van der Waals surface area (Å²) in [6.07, 6.45) is -4.26. The van der Waals surface area contributed by atoms with E-state index in [0.29, 0.717) is 4.68 Å². The maximum atomic E-state index is 15.2. The zero-order valence-electron chi connectivity index (χ0n) is 21.9. The van der Waals surface area contributed by atoms with Crippen molar-refractivity contribution in [3.8, 4) is 22.9 Å². The van der Waals surface area contributed by atoms with E-state index < -0.39 is 56.3 Å². The topological polar surface area (TPSA) is 131 Å². The number of hydrogen-bond donors (Lipinski definition) is 1. The van der Waals surface area contributed by atoms with Gasteiger partial charge in [-0.3, -0.25) is 9.48 Å². The highest BCUT2D eigenvalue weighted by Gasteiger charge is 2.44. The lowest BCUT2D eigenvalue weighted by molar-refractivity contribution is -0.141. The number of amides is 1. The molecule has 0 aliphatic rings. The van der Waals surface area contributed by atoms with Gasteiger partial charge in [-0.1, -0.05) is 36.4 Å². The molecule has 3 aromatic carbocycles. The molecule has 9 nitrogen and oxygen atoms in total. The van der Waals surface area contributed by atoms with Gasteiger partial charge < -0.3 is 10.1 Å². The van der Waals surface area contributed by atoms with Crippen LogP contribution in [-0.2, 0) is 22.6 Å². The summed E-state index contributed by atoms with van der Waals surface area (Å²) in [6, 6.07) is 16.0. The molecule has 216 valence electrons. The van der Waals surface area contributed by atoms with Crippen molar-refractivity contribution in [3.63, 3.8) is 0 Å². The van der Waals surface area contributed by atoms with Crippen LogP contribution in [0.3, 0.4) is 0 Å². The smallest absolute Gasteiger partial charge is 0.423 e. The second kappa shape index (κ2) is 11.5. The lowest BCUT2D eigenvalue weighted by Gasteiger charge is -2.16. The van der Waals surface area contributed by atoms with Gasteiger partial charge in [0.25, 0.3) is 5.91 Å². The normalized spacial score (nSPS) is 11.5. The van der Waals surface area contributed by atoms with Gasteiger partial charge in [0.05, 0.1) is 22.2 Å². The summed E-state index contributed by atoms with van der Waals surface area (Å²) in [5.74, 6) is -4.24. The lowest BCUT2D eigenvalue weighted by Crippen LogP contribution is -2.24. The van der Waals surface area contributed by atoms with Gasteiger partial charge in [-0.05, 0) is 37.3 Å². The first-order valence-corrected chi connectivity index (χ1v) is 13.9. The van der Waals surface area contributed by atoms with Crippen molar-refractivity contribution in [1.29, 1.82) is 5.26 Å². The maximum absolute atomic E-state index is 15.2. The minimum absolute atomic E-state index is 0.0202. The minimum atomic E-state index is -5.20. The molecule has 0 bridgehead atoms. The third-order valence-corrected chi connectivity index (χ3v) is 7.10. The van der Waals surface area contributed by atoms with Crippen LogP contribution in [0.4, 0.5) is 23.2 Å². The number of carbonyl (C=O) groups is 2. The SMILES string of the molecule is CCn1nc(C(F)(F)F)c(C(=O)Oc2cccc(C#N)c2)c1C(=O)Nc1c(F)cccc1-c1ccccc1S(C)(=O)=O. The number of alkyl halides is 3. The van der Waals surface area contributed by atoms with E-state index in [9.17, 15) is 31.2 Å². The standard InChI is InChI=1S/C28H20F4N4O5S/c1-3-36-24(22(25(35-36)28(30,31)32)27(38)41-17-9-6-8-16(14-17)15-33)26(37)34-23-19(11-7-12-20(23)29)18-10-4-5-13-21(18)42(2,39)40/h4-14H,3H2,1-2H3,(H,34,37). The molecule has 0 unspecified atom stereocenters. The van der Waals surface area contributed by atoms with Crippen LogP contribution in [0.2, 0.25) is 0 Å². The summed E-state index contributed by atoms with van der Waals surface area (Å²) >= 11 is 0. The van der Waals surface area contributed by atoms with Gasteiger partial charge >= 0.3 is 12.1 Å². The van der Waals surface area contributed by atoms with Crippen LogP contribution in [-0.4, -0.2) is 36.3 Å². The quantitative estimate of drug-likeness (QED) is 0.169. The largest absolute Gasteiger partial charge is 0.436 e. The molecular weight excluding hydrogens is 580 g/mol. The first-order valence-electron chi connectivity index (χ1n) is 12.1. The number of nitriles is 1.